The van der Waals surface area contributed by atoms with Crippen LogP contribution >= 0.6 is 0 Å². The molecule has 19 heavy (non-hydrogen) atoms. The van der Waals surface area contributed by atoms with Crippen molar-refractivity contribution in [3.8, 4) is 5.88 Å². The van der Waals surface area contributed by atoms with E-state index < -0.39 is 0 Å². The quantitative estimate of drug-likeness (QED) is 0.909. The Morgan fingerprint density at radius 3 is 2.68 bits per heavy atom. The first-order valence-corrected chi connectivity index (χ1v) is 5.92. The minimum Gasteiger partial charge on any atom is -0.480 e. The average Bonchev–Trinajstić information content (AvgIpc) is 2.48. The van der Waals surface area contributed by atoms with Crippen LogP contribution in [0.25, 0.3) is 0 Å². The molecule has 0 bridgehead atoms. The Morgan fingerprint density at radius 2 is 2.00 bits per heavy atom. The molecule has 2 rings (SSSR count). The topological polar surface area (TPSA) is 64.1 Å². The van der Waals surface area contributed by atoms with Gasteiger partial charge in [0.2, 0.25) is 5.88 Å². The van der Waals surface area contributed by atoms with E-state index in [0.29, 0.717) is 11.4 Å². The van der Waals surface area contributed by atoms with Gasteiger partial charge in [0, 0.05) is 18.6 Å². The zero-order chi connectivity index (χ0) is 13.7. The van der Waals surface area contributed by atoms with E-state index in [4.69, 9.17) is 4.74 Å². The summed E-state index contributed by atoms with van der Waals surface area (Å²) in [6, 6.07) is 7.01. The monoisotopic (exact) mass is 257 g/mol. The van der Waals surface area contributed by atoms with Gasteiger partial charge in [-0.15, -0.1) is 0 Å². The van der Waals surface area contributed by atoms with Crippen LogP contribution in [-0.4, -0.2) is 23.0 Å². The number of hydrogen-bond donors (Lipinski definition) is 1. The summed E-state index contributed by atoms with van der Waals surface area (Å²) < 4.78 is 5.07. The van der Waals surface area contributed by atoms with Crippen LogP contribution in [0.5, 0.6) is 5.88 Å². The van der Waals surface area contributed by atoms with Crippen molar-refractivity contribution in [1.29, 1.82) is 0 Å². The fraction of sp³-hybridized carbons (Fsp3) is 0.214. The SMILES string of the molecule is COc1ncccc1C(=O)N[C@H](C)c1ccncc1. The molecular formula is C14H15N3O2. The Kier molecular flexibility index (Phi) is 4.07. The third-order valence-electron chi connectivity index (χ3n) is 2.76. The molecule has 0 fully saturated rings. The maximum absolute atomic E-state index is 12.2. The number of aromatic nitrogens is 2. The number of nitrogens with zero attached hydrogens (tertiary/aromatic N) is 2. The number of carbonyl (C=O) groups excluding carboxylic acids is 1. The van der Waals surface area contributed by atoms with Gasteiger partial charge < -0.3 is 10.1 Å². The van der Waals surface area contributed by atoms with E-state index in [1.165, 1.54) is 7.11 Å². The van der Waals surface area contributed by atoms with Gasteiger partial charge in [0.1, 0.15) is 5.56 Å². The molecular weight excluding hydrogens is 242 g/mol. The van der Waals surface area contributed by atoms with E-state index in [9.17, 15) is 4.79 Å². The number of pyridine rings is 2. The van der Waals surface area contributed by atoms with E-state index in [1.54, 1.807) is 30.7 Å². The van der Waals surface area contributed by atoms with Gasteiger partial charge in [0.15, 0.2) is 0 Å². The van der Waals surface area contributed by atoms with Gasteiger partial charge in [0.05, 0.1) is 13.2 Å². The molecule has 0 saturated carbocycles. The van der Waals surface area contributed by atoms with Crippen molar-refractivity contribution in [2.45, 2.75) is 13.0 Å². The molecule has 0 saturated heterocycles. The Labute approximate surface area is 111 Å². The number of ether oxygens (including phenoxy) is 1. The summed E-state index contributed by atoms with van der Waals surface area (Å²) in [4.78, 5) is 20.1. The van der Waals surface area contributed by atoms with Crippen LogP contribution in [0, 0.1) is 0 Å². The molecule has 0 aliphatic carbocycles. The summed E-state index contributed by atoms with van der Waals surface area (Å²) in [5.41, 5.74) is 1.41. The molecule has 0 aliphatic heterocycles. The lowest BCUT2D eigenvalue weighted by molar-refractivity contribution is 0.0936. The second-order valence-electron chi connectivity index (χ2n) is 4.04. The predicted molar refractivity (Wildman–Crippen MR) is 70.9 cm³/mol. The first-order chi connectivity index (χ1) is 9.22. The minimum absolute atomic E-state index is 0.111. The van der Waals surface area contributed by atoms with E-state index in [1.807, 2.05) is 19.1 Å². The molecule has 98 valence electrons. The third-order valence-corrected chi connectivity index (χ3v) is 2.76. The van der Waals surface area contributed by atoms with Gasteiger partial charge in [-0.2, -0.15) is 0 Å². The predicted octanol–water partition coefficient (Wildman–Crippen LogP) is 1.98. The number of rotatable bonds is 4. The van der Waals surface area contributed by atoms with Crippen LogP contribution in [0.15, 0.2) is 42.9 Å². The molecule has 5 heteroatoms. The normalized spacial score (nSPS) is 11.7. The highest BCUT2D eigenvalue weighted by molar-refractivity contribution is 5.96. The molecule has 2 aromatic heterocycles. The number of carbonyl (C=O) groups is 1. The molecule has 2 aromatic rings. The van der Waals surface area contributed by atoms with Gasteiger partial charge in [-0.05, 0) is 36.8 Å². The van der Waals surface area contributed by atoms with Gasteiger partial charge in [-0.1, -0.05) is 0 Å². The zero-order valence-corrected chi connectivity index (χ0v) is 10.8. The Hall–Kier alpha value is -2.43. The summed E-state index contributed by atoms with van der Waals surface area (Å²) in [6.45, 7) is 1.91. The lowest BCUT2D eigenvalue weighted by Gasteiger charge is -2.14. The third kappa shape index (κ3) is 3.07. The summed E-state index contributed by atoms with van der Waals surface area (Å²) in [5.74, 6) is 0.108. The van der Waals surface area contributed by atoms with Crippen LogP contribution in [0.2, 0.25) is 0 Å². The van der Waals surface area contributed by atoms with Crippen LogP contribution in [-0.2, 0) is 0 Å². The largest absolute Gasteiger partial charge is 0.480 e. The maximum Gasteiger partial charge on any atom is 0.257 e. The highest BCUT2D eigenvalue weighted by Crippen LogP contribution is 2.16. The molecule has 1 atom stereocenters. The molecule has 2 heterocycles. The van der Waals surface area contributed by atoms with Crippen LogP contribution in [0.3, 0.4) is 0 Å². The number of hydrogen-bond acceptors (Lipinski definition) is 4. The Balaban J connectivity index is 2.13. The van der Waals surface area contributed by atoms with Crippen LogP contribution < -0.4 is 10.1 Å². The highest BCUT2D eigenvalue weighted by Gasteiger charge is 2.15. The van der Waals surface area contributed by atoms with Gasteiger partial charge in [-0.25, -0.2) is 4.98 Å². The number of methoxy groups -OCH3 is 1. The van der Waals surface area contributed by atoms with Gasteiger partial charge in [-0.3, -0.25) is 9.78 Å². The second-order valence-corrected chi connectivity index (χ2v) is 4.04. The van der Waals surface area contributed by atoms with Crippen molar-refractivity contribution in [2.75, 3.05) is 7.11 Å². The van der Waals surface area contributed by atoms with E-state index in [0.717, 1.165) is 5.56 Å². The van der Waals surface area contributed by atoms with Crippen LogP contribution in [0.1, 0.15) is 28.9 Å². The number of amides is 1. The first-order valence-electron chi connectivity index (χ1n) is 5.92. The van der Waals surface area contributed by atoms with Crippen molar-refractivity contribution in [1.82, 2.24) is 15.3 Å². The molecule has 1 amide bonds. The lowest BCUT2D eigenvalue weighted by atomic mass is 10.1. The fourth-order valence-electron chi connectivity index (χ4n) is 1.74. The van der Waals surface area contributed by atoms with Gasteiger partial charge in [0.25, 0.3) is 5.91 Å². The summed E-state index contributed by atoms with van der Waals surface area (Å²) in [6.07, 6.45) is 4.98. The van der Waals surface area contributed by atoms with E-state index >= 15 is 0 Å². The zero-order valence-electron chi connectivity index (χ0n) is 10.8. The molecule has 1 N–H and O–H groups in total. The van der Waals surface area contributed by atoms with Crippen molar-refractivity contribution >= 4 is 5.91 Å². The molecule has 0 radical (unpaired) electrons. The van der Waals surface area contributed by atoms with E-state index in [-0.39, 0.29) is 11.9 Å². The maximum atomic E-state index is 12.2. The van der Waals surface area contributed by atoms with Gasteiger partial charge >= 0.3 is 0 Å². The molecule has 5 nitrogen and oxygen atoms in total. The smallest absolute Gasteiger partial charge is 0.257 e. The summed E-state index contributed by atoms with van der Waals surface area (Å²) in [5, 5.41) is 2.90. The van der Waals surface area contributed by atoms with Crippen molar-refractivity contribution < 1.29 is 9.53 Å². The van der Waals surface area contributed by atoms with Crippen molar-refractivity contribution in [3.63, 3.8) is 0 Å². The van der Waals surface area contributed by atoms with E-state index in [2.05, 4.69) is 15.3 Å². The summed E-state index contributed by atoms with van der Waals surface area (Å²) in [7, 11) is 1.49. The average molecular weight is 257 g/mol. The fourth-order valence-corrected chi connectivity index (χ4v) is 1.74. The summed E-state index contributed by atoms with van der Waals surface area (Å²) >= 11 is 0. The molecule has 0 aliphatic rings. The number of nitrogens with one attached hydrogen (secondary N) is 1. The standard InChI is InChI=1S/C14H15N3O2/c1-10(11-5-8-15-9-6-11)17-13(18)12-4-3-7-16-14(12)19-2/h3-10H,1-2H3,(H,17,18)/t10-/m1/s1. The lowest BCUT2D eigenvalue weighted by Crippen LogP contribution is -2.27. The second kappa shape index (κ2) is 5.95. The van der Waals surface area contributed by atoms with Crippen LogP contribution in [0.4, 0.5) is 0 Å². The Morgan fingerprint density at radius 1 is 1.26 bits per heavy atom. The highest BCUT2D eigenvalue weighted by atomic mass is 16.5. The Bertz CT molecular complexity index is 558. The first kappa shape index (κ1) is 13.0. The molecule has 0 aromatic carbocycles. The molecule has 0 unspecified atom stereocenters. The molecule has 0 spiro atoms. The van der Waals surface area contributed by atoms with Crippen molar-refractivity contribution in [2.24, 2.45) is 0 Å². The minimum atomic E-state index is -0.214. The van der Waals surface area contributed by atoms with Crippen molar-refractivity contribution in [3.05, 3.63) is 54.0 Å².